The van der Waals surface area contributed by atoms with E-state index in [9.17, 15) is 4.79 Å². The first-order valence-corrected chi connectivity index (χ1v) is 9.50. The number of thioether (sulfide) groups is 1. The van der Waals surface area contributed by atoms with Crippen molar-refractivity contribution in [2.24, 2.45) is 7.05 Å². The highest BCUT2D eigenvalue weighted by atomic mass is 35.5. The second-order valence-electron chi connectivity index (χ2n) is 5.85. The number of hydrogen-bond donors (Lipinski definition) is 1. The van der Waals surface area contributed by atoms with E-state index in [2.05, 4.69) is 15.5 Å². The van der Waals surface area contributed by atoms with Crippen LogP contribution in [-0.4, -0.2) is 33.0 Å². The number of amides is 1. The molecule has 1 aromatic heterocycles. The summed E-state index contributed by atoms with van der Waals surface area (Å²) < 4.78 is 6.98. The average molecular weight is 403 g/mol. The first-order chi connectivity index (χ1) is 13.0. The molecule has 0 aliphatic rings. The Bertz CT molecular complexity index is 926. The summed E-state index contributed by atoms with van der Waals surface area (Å²) in [7, 11) is 3.48. The van der Waals surface area contributed by atoms with Crippen molar-refractivity contribution < 1.29 is 9.53 Å². The molecule has 0 aliphatic carbocycles. The van der Waals surface area contributed by atoms with Crippen molar-refractivity contribution >= 4 is 35.0 Å². The molecule has 1 atom stereocenters. The number of carbonyl (C=O) groups is 1. The van der Waals surface area contributed by atoms with Crippen molar-refractivity contribution in [2.45, 2.75) is 17.3 Å². The lowest BCUT2D eigenvalue weighted by atomic mass is 10.2. The van der Waals surface area contributed by atoms with Gasteiger partial charge in [0.25, 0.3) is 0 Å². The van der Waals surface area contributed by atoms with Gasteiger partial charge in [0.15, 0.2) is 11.0 Å². The lowest BCUT2D eigenvalue weighted by Gasteiger charge is -2.12. The molecule has 140 valence electrons. The van der Waals surface area contributed by atoms with Crippen molar-refractivity contribution in [3.8, 4) is 17.1 Å². The van der Waals surface area contributed by atoms with Crippen molar-refractivity contribution in [2.75, 3.05) is 12.4 Å². The highest BCUT2D eigenvalue weighted by Crippen LogP contribution is 2.27. The number of ether oxygens (including phenoxy) is 1. The molecule has 0 saturated heterocycles. The maximum atomic E-state index is 12.5. The lowest BCUT2D eigenvalue weighted by molar-refractivity contribution is -0.115. The zero-order valence-corrected chi connectivity index (χ0v) is 16.7. The van der Waals surface area contributed by atoms with E-state index in [1.165, 1.54) is 11.8 Å². The maximum Gasteiger partial charge on any atom is 0.237 e. The summed E-state index contributed by atoms with van der Waals surface area (Å²) in [6.45, 7) is 1.83. The van der Waals surface area contributed by atoms with Crippen molar-refractivity contribution in [1.82, 2.24) is 14.8 Å². The van der Waals surface area contributed by atoms with Crippen LogP contribution in [0.3, 0.4) is 0 Å². The minimum atomic E-state index is -0.340. The third-order valence-corrected chi connectivity index (χ3v) is 5.33. The van der Waals surface area contributed by atoms with Gasteiger partial charge in [0.1, 0.15) is 5.75 Å². The number of benzene rings is 2. The van der Waals surface area contributed by atoms with Crippen LogP contribution in [0.2, 0.25) is 5.02 Å². The smallest absolute Gasteiger partial charge is 0.237 e. The summed E-state index contributed by atoms with van der Waals surface area (Å²) in [6.07, 6.45) is 0. The number of halogens is 1. The fraction of sp³-hybridized carbons (Fsp3) is 0.211. The van der Waals surface area contributed by atoms with Gasteiger partial charge in [-0.15, -0.1) is 10.2 Å². The standard InChI is InChI=1S/C19H19ClN4O2S/c1-12(18(25)21-15-8-10-16(26-3)11-9-15)27-19-23-22-17(24(19)2)13-4-6-14(20)7-5-13/h4-12H,1-3H3,(H,21,25)/t12-/m0/s1. The Labute approximate surface area is 166 Å². The molecule has 0 spiro atoms. The molecule has 1 heterocycles. The number of nitrogens with zero attached hydrogens (tertiary/aromatic N) is 3. The van der Waals surface area contributed by atoms with Crippen LogP contribution in [0.15, 0.2) is 53.7 Å². The van der Waals surface area contributed by atoms with Crippen LogP contribution in [0.5, 0.6) is 5.75 Å². The number of methoxy groups -OCH3 is 1. The number of nitrogens with one attached hydrogen (secondary N) is 1. The van der Waals surface area contributed by atoms with Gasteiger partial charge >= 0.3 is 0 Å². The van der Waals surface area contributed by atoms with Crippen LogP contribution in [0.1, 0.15) is 6.92 Å². The Morgan fingerprint density at radius 1 is 1.15 bits per heavy atom. The summed E-state index contributed by atoms with van der Waals surface area (Å²) in [4.78, 5) is 12.5. The van der Waals surface area contributed by atoms with Crippen molar-refractivity contribution in [1.29, 1.82) is 0 Å². The van der Waals surface area contributed by atoms with Gasteiger partial charge in [-0.1, -0.05) is 23.4 Å². The number of carbonyl (C=O) groups excluding carboxylic acids is 1. The summed E-state index contributed by atoms with van der Waals surface area (Å²) in [6, 6.07) is 14.6. The highest BCUT2D eigenvalue weighted by Gasteiger charge is 2.19. The highest BCUT2D eigenvalue weighted by molar-refractivity contribution is 8.00. The monoisotopic (exact) mass is 402 g/mol. The fourth-order valence-corrected chi connectivity index (χ4v) is 3.34. The molecular formula is C19H19ClN4O2S. The Hall–Kier alpha value is -2.51. The van der Waals surface area contributed by atoms with E-state index < -0.39 is 0 Å². The fourth-order valence-electron chi connectivity index (χ4n) is 2.40. The lowest BCUT2D eigenvalue weighted by Crippen LogP contribution is -2.22. The van der Waals surface area contributed by atoms with Crippen LogP contribution in [0.25, 0.3) is 11.4 Å². The van der Waals surface area contributed by atoms with E-state index in [1.807, 2.05) is 42.8 Å². The zero-order valence-electron chi connectivity index (χ0n) is 15.1. The van der Waals surface area contributed by atoms with Gasteiger partial charge in [-0.05, 0) is 55.5 Å². The second-order valence-corrected chi connectivity index (χ2v) is 7.59. The third kappa shape index (κ3) is 4.61. The molecule has 1 amide bonds. The predicted molar refractivity (Wildman–Crippen MR) is 108 cm³/mol. The third-order valence-electron chi connectivity index (χ3n) is 3.95. The molecule has 3 aromatic rings. The van der Waals surface area contributed by atoms with Crippen LogP contribution in [-0.2, 0) is 11.8 Å². The second kappa shape index (κ2) is 8.45. The van der Waals surface area contributed by atoms with E-state index in [4.69, 9.17) is 16.3 Å². The van der Waals surface area contributed by atoms with Gasteiger partial charge in [0.05, 0.1) is 12.4 Å². The Morgan fingerprint density at radius 2 is 1.81 bits per heavy atom. The van der Waals surface area contributed by atoms with Crippen LogP contribution < -0.4 is 10.1 Å². The zero-order chi connectivity index (χ0) is 19.4. The Balaban J connectivity index is 1.67. The quantitative estimate of drug-likeness (QED) is 0.624. The van der Waals surface area contributed by atoms with Gasteiger partial charge in [-0.25, -0.2) is 0 Å². The molecule has 0 aliphatic heterocycles. The molecule has 0 unspecified atom stereocenters. The van der Waals surface area contributed by atoms with Crippen LogP contribution in [0.4, 0.5) is 5.69 Å². The number of anilines is 1. The first kappa shape index (κ1) is 19.3. The maximum absolute atomic E-state index is 12.5. The Kier molecular flexibility index (Phi) is 6.03. The van der Waals surface area contributed by atoms with E-state index in [1.54, 1.807) is 31.4 Å². The number of hydrogen-bond acceptors (Lipinski definition) is 5. The van der Waals surface area contributed by atoms with E-state index >= 15 is 0 Å². The molecule has 0 fully saturated rings. The normalized spacial score (nSPS) is 11.9. The molecule has 0 bridgehead atoms. The van der Waals surface area contributed by atoms with Crippen LogP contribution >= 0.6 is 23.4 Å². The molecule has 8 heteroatoms. The number of aromatic nitrogens is 3. The molecular weight excluding hydrogens is 384 g/mol. The molecule has 0 radical (unpaired) electrons. The van der Waals surface area contributed by atoms with Crippen molar-refractivity contribution in [3.63, 3.8) is 0 Å². The minimum absolute atomic E-state index is 0.110. The summed E-state index contributed by atoms with van der Waals surface area (Å²) in [5.74, 6) is 1.35. The van der Waals surface area contributed by atoms with Crippen LogP contribution in [0, 0.1) is 0 Å². The molecule has 27 heavy (non-hydrogen) atoms. The minimum Gasteiger partial charge on any atom is -0.497 e. The topological polar surface area (TPSA) is 69.0 Å². The Morgan fingerprint density at radius 3 is 2.44 bits per heavy atom. The van der Waals surface area contributed by atoms with Gasteiger partial charge in [-0.2, -0.15) is 0 Å². The summed E-state index contributed by atoms with van der Waals surface area (Å²) in [5.41, 5.74) is 1.63. The SMILES string of the molecule is COc1ccc(NC(=O)[C@H](C)Sc2nnc(-c3ccc(Cl)cc3)n2C)cc1. The van der Waals surface area contributed by atoms with E-state index in [-0.39, 0.29) is 11.2 Å². The van der Waals surface area contributed by atoms with Gasteiger partial charge < -0.3 is 14.6 Å². The predicted octanol–water partition coefficient (Wildman–Crippen LogP) is 4.26. The molecule has 3 rings (SSSR count). The summed E-state index contributed by atoms with van der Waals surface area (Å²) >= 11 is 7.28. The molecule has 1 N–H and O–H groups in total. The van der Waals surface area contributed by atoms with Gasteiger partial charge in [-0.3, -0.25) is 4.79 Å². The first-order valence-electron chi connectivity index (χ1n) is 8.25. The van der Waals surface area contributed by atoms with E-state index in [0.717, 1.165) is 17.1 Å². The van der Waals surface area contributed by atoms with E-state index in [0.29, 0.717) is 15.9 Å². The van der Waals surface area contributed by atoms with Crippen molar-refractivity contribution in [3.05, 3.63) is 53.6 Å². The average Bonchev–Trinajstić information content (AvgIpc) is 3.03. The molecule has 0 saturated carbocycles. The largest absolute Gasteiger partial charge is 0.497 e. The summed E-state index contributed by atoms with van der Waals surface area (Å²) in [5, 5.41) is 12.3. The van der Waals surface area contributed by atoms with Gasteiger partial charge in [0.2, 0.25) is 5.91 Å². The molecule has 2 aromatic carbocycles. The number of rotatable bonds is 6. The van der Waals surface area contributed by atoms with Gasteiger partial charge in [0, 0.05) is 23.3 Å². The molecule has 6 nitrogen and oxygen atoms in total.